The normalized spacial score (nSPS) is 24.2. The molecular weight excluding hydrogens is 230 g/mol. The van der Waals surface area contributed by atoms with E-state index in [2.05, 4.69) is 6.07 Å². The molecule has 1 heterocycles. The van der Waals surface area contributed by atoms with Crippen LogP contribution in [0.5, 0.6) is 0 Å². The number of esters is 1. The predicted molar refractivity (Wildman–Crippen MR) is 68.0 cm³/mol. The lowest BCUT2D eigenvalue weighted by Gasteiger charge is -2.22. The standard InChI is InChI=1S/C14H19NO3/c1-10-4-3-5-11(6-10)8-15-9-12(16)7-13(15)14(17)18-2/h3-6,12-13,16H,7-9H2,1-2H3/t12-,13+/m1/s1. The molecule has 0 spiro atoms. The fourth-order valence-electron chi connectivity index (χ4n) is 2.48. The highest BCUT2D eigenvalue weighted by molar-refractivity contribution is 5.76. The molecule has 2 atom stereocenters. The first-order valence-electron chi connectivity index (χ1n) is 6.15. The predicted octanol–water partition coefficient (Wildman–Crippen LogP) is 1.10. The second kappa shape index (κ2) is 5.50. The van der Waals surface area contributed by atoms with Gasteiger partial charge in [0.25, 0.3) is 0 Å². The molecule has 1 N–H and O–H groups in total. The number of benzene rings is 1. The van der Waals surface area contributed by atoms with Gasteiger partial charge in [0.15, 0.2) is 0 Å². The van der Waals surface area contributed by atoms with Gasteiger partial charge in [-0.3, -0.25) is 9.69 Å². The van der Waals surface area contributed by atoms with E-state index in [0.29, 0.717) is 19.5 Å². The molecule has 0 amide bonds. The van der Waals surface area contributed by atoms with Crippen LogP contribution in [-0.2, 0) is 16.1 Å². The highest BCUT2D eigenvalue weighted by atomic mass is 16.5. The molecular formula is C14H19NO3. The molecule has 4 heteroatoms. The van der Waals surface area contributed by atoms with Crippen molar-refractivity contribution < 1.29 is 14.6 Å². The van der Waals surface area contributed by atoms with Gasteiger partial charge < -0.3 is 9.84 Å². The smallest absolute Gasteiger partial charge is 0.323 e. The van der Waals surface area contributed by atoms with Gasteiger partial charge in [-0.05, 0) is 12.5 Å². The summed E-state index contributed by atoms with van der Waals surface area (Å²) in [5, 5.41) is 9.70. The summed E-state index contributed by atoms with van der Waals surface area (Å²) < 4.78 is 4.78. The zero-order valence-corrected chi connectivity index (χ0v) is 10.8. The van der Waals surface area contributed by atoms with Crippen LogP contribution in [-0.4, -0.2) is 41.8 Å². The Bertz CT molecular complexity index is 433. The molecule has 0 bridgehead atoms. The first kappa shape index (κ1) is 13.1. The highest BCUT2D eigenvalue weighted by Gasteiger charge is 2.36. The topological polar surface area (TPSA) is 49.8 Å². The number of hydrogen-bond donors (Lipinski definition) is 1. The van der Waals surface area contributed by atoms with E-state index >= 15 is 0 Å². The van der Waals surface area contributed by atoms with Gasteiger partial charge >= 0.3 is 5.97 Å². The summed E-state index contributed by atoms with van der Waals surface area (Å²) >= 11 is 0. The molecule has 1 aliphatic rings. The van der Waals surface area contributed by atoms with Crippen LogP contribution in [0.25, 0.3) is 0 Å². The van der Waals surface area contributed by atoms with Crippen molar-refractivity contribution in [2.45, 2.75) is 32.0 Å². The van der Waals surface area contributed by atoms with Crippen molar-refractivity contribution in [3.8, 4) is 0 Å². The first-order chi connectivity index (χ1) is 8.60. The van der Waals surface area contributed by atoms with Crippen molar-refractivity contribution >= 4 is 5.97 Å². The Kier molecular flexibility index (Phi) is 3.99. The molecule has 1 aromatic rings. The van der Waals surface area contributed by atoms with E-state index in [4.69, 9.17) is 4.74 Å². The Morgan fingerprint density at radius 1 is 1.56 bits per heavy atom. The number of carbonyl (C=O) groups excluding carboxylic acids is 1. The minimum absolute atomic E-state index is 0.265. The second-order valence-electron chi connectivity index (χ2n) is 4.85. The van der Waals surface area contributed by atoms with Gasteiger partial charge in [-0.2, -0.15) is 0 Å². The molecule has 0 unspecified atom stereocenters. The number of aryl methyl sites for hydroxylation is 1. The number of aliphatic hydroxyl groups is 1. The number of aliphatic hydroxyl groups excluding tert-OH is 1. The third kappa shape index (κ3) is 2.89. The van der Waals surface area contributed by atoms with E-state index < -0.39 is 6.10 Å². The van der Waals surface area contributed by atoms with E-state index in [-0.39, 0.29) is 12.0 Å². The van der Waals surface area contributed by atoms with Crippen LogP contribution in [0.15, 0.2) is 24.3 Å². The Morgan fingerprint density at radius 3 is 3.00 bits per heavy atom. The highest BCUT2D eigenvalue weighted by Crippen LogP contribution is 2.21. The average Bonchev–Trinajstić information content (AvgIpc) is 2.69. The molecule has 0 aliphatic carbocycles. The number of carbonyl (C=O) groups is 1. The summed E-state index contributed by atoms with van der Waals surface area (Å²) in [6.45, 7) is 3.23. The van der Waals surface area contributed by atoms with E-state index in [9.17, 15) is 9.90 Å². The Balaban J connectivity index is 2.09. The summed E-state index contributed by atoms with van der Waals surface area (Å²) in [6, 6.07) is 7.85. The van der Waals surface area contributed by atoms with Gasteiger partial charge in [0.1, 0.15) is 6.04 Å². The fraction of sp³-hybridized carbons (Fsp3) is 0.500. The number of rotatable bonds is 3. The lowest BCUT2D eigenvalue weighted by atomic mass is 10.1. The van der Waals surface area contributed by atoms with Crippen LogP contribution in [0, 0.1) is 6.92 Å². The Labute approximate surface area is 107 Å². The number of methoxy groups -OCH3 is 1. The molecule has 4 nitrogen and oxygen atoms in total. The maximum atomic E-state index is 11.7. The second-order valence-corrected chi connectivity index (χ2v) is 4.85. The van der Waals surface area contributed by atoms with E-state index in [1.54, 1.807) is 0 Å². The maximum absolute atomic E-state index is 11.7. The molecule has 2 rings (SSSR count). The van der Waals surface area contributed by atoms with Crippen molar-refractivity contribution in [2.75, 3.05) is 13.7 Å². The number of nitrogens with zero attached hydrogens (tertiary/aromatic N) is 1. The monoisotopic (exact) mass is 249 g/mol. The van der Waals surface area contributed by atoms with E-state index in [1.165, 1.54) is 12.7 Å². The van der Waals surface area contributed by atoms with Crippen molar-refractivity contribution in [3.05, 3.63) is 35.4 Å². The summed E-state index contributed by atoms with van der Waals surface area (Å²) in [5.41, 5.74) is 2.35. The number of hydrogen-bond acceptors (Lipinski definition) is 4. The fourth-order valence-corrected chi connectivity index (χ4v) is 2.48. The maximum Gasteiger partial charge on any atom is 0.323 e. The molecule has 1 aromatic carbocycles. The molecule has 1 fully saturated rings. The summed E-state index contributed by atoms with van der Waals surface area (Å²) in [7, 11) is 1.39. The lowest BCUT2D eigenvalue weighted by molar-refractivity contribution is -0.146. The van der Waals surface area contributed by atoms with Gasteiger partial charge in [-0.25, -0.2) is 0 Å². The van der Waals surface area contributed by atoms with Gasteiger partial charge in [-0.1, -0.05) is 29.8 Å². The molecule has 0 aromatic heterocycles. The summed E-state index contributed by atoms with van der Waals surface area (Å²) in [6.07, 6.45) is 0.0114. The molecule has 1 saturated heterocycles. The molecule has 0 radical (unpaired) electrons. The van der Waals surface area contributed by atoms with Crippen LogP contribution >= 0.6 is 0 Å². The number of likely N-dealkylation sites (tertiary alicyclic amines) is 1. The van der Waals surface area contributed by atoms with Crippen LogP contribution < -0.4 is 0 Å². The quantitative estimate of drug-likeness (QED) is 0.815. The van der Waals surface area contributed by atoms with Crippen LogP contribution in [0.4, 0.5) is 0 Å². The average molecular weight is 249 g/mol. The van der Waals surface area contributed by atoms with Crippen LogP contribution in [0.3, 0.4) is 0 Å². The number of β-amino-alcohol motifs (C(OH)–C–C–N with tert-alkyl or cyclic N) is 1. The van der Waals surface area contributed by atoms with Crippen molar-refractivity contribution in [1.29, 1.82) is 0 Å². The third-order valence-electron chi connectivity index (χ3n) is 3.32. The third-order valence-corrected chi connectivity index (χ3v) is 3.32. The molecule has 1 aliphatic heterocycles. The summed E-state index contributed by atoms with van der Waals surface area (Å²) in [5.74, 6) is -0.265. The molecule has 18 heavy (non-hydrogen) atoms. The van der Waals surface area contributed by atoms with E-state index in [0.717, 1.165) is 5.56 Å². The zero-order valence-electron chi connectivity index (χ0n) is 10.8. The van der Waals surface area contributed by atoms with Gasteiger partial charge in [0.05, 0.1) is 13.2 Å². The largest absolute Gasteiger partial charge is 0.468 e. The Morgan fingerprint density at radius 2 is 2.33 bits per heavy atom. The van der Waals surface area contributed by atoms with Crippen LogP contribution in [0.1, 0.15) is 17.5 Å². The van der Waals surface area contributed by atoms with Crippen LogP contribution in [0.2, 0.25) is 0 Å². The first-order valence-corrected chi connectivity index (χ1v) is 6.15. The minimum atomic E-state index is -0.445. The van der Waals surface area contributed by atoms with Crippen molar-refractivity contribution in [3.63, 3.8) is 0 Å². The summed E-state index contributed by atoms with van der Waals surface area (Å²) in [4.78, 5) is 13.6. The van der Waals surface area contributed by atoms with Gasteiger partial charge in [0.2, 0.25) is 0 Å². The lowest BCUT2D eigenvalue weighted by Crippen LogP contribution is -2.36. The van der Waals surface area contributed by atoms with Crippen molar-refractivity contribution in [1.82, 2.24) is 4.90 Å². The zero-order chi connectivity index (χ0) is 13.1. The molecule has 0 saturated carbocycles. The van der Waals surface area contributed by atoms with Crippen molar-refractivity contribution in [2.24, 2.45) is 0 Å². The minimum Gasteiger partial charge on any atom is -0.468 e. The van der Waals surface area contributed by atoms with E-state index in [1.807, 2.05) is 30.0 Å². The van der Waals surface area contributed by atoms with Gasteiger partial charge in [0, 0.05) is 19.5 Å². The molecule has 98 valence electrons. The number of ether oxygens (including phenoxy) is 1. The Hall–Kier alpha value is -1.39. The van der Waals surface area contributed by atoms with Gasteiger partial charge in [-0.15, -0.1) is 0 Å². The SMILES string of the molecule is COC(=O)[C@@H]1C[C@@H](O)CN1Cc1cccc(C)c1.